The molecule has 0 aliphatic carbocycles. The Morgan fingerprint density at radius 2 is 0.962 bits per heavy atom. The second kappa shape index (κ2) is 13.9. The van der Waals surface area contributed by atoms with Gasteiger partial charge in [0.2, 0.25) is 0 Å². The van der Waals surface area contributed by atoms with E-state index in [9.17, 15) is 0 Å². The van der Waals surface area contributed by atoms with E-state index in [2.05, 4.69) is 37.5 Å². The van der Waals surface area contributed by atoms with Gasteiger partial charge in [-0.2, -0.15) is 0 Å². The van der Waals surface area contributed by atoms with E-state index < -0.39 is 0 Å². The van der Waals surface area contributed by atoms with Crippen molar-refractivity contribution < 1.29 is 0 Å². The standard InChI is InChI=1S/C20H48N6/c1-5-20(4,26(16-8-12-23)17-9-13-24)18-19(2,3)25(14-6-10-21)15-7-11-22/h5-18,21-24H2,1-4H3. The lowest BCUT2D eigenvalue weighted by molar-refractivity contribution is 0.0162. The summed E-state index contributed by atoms with van der Waals surface area (Å²) < 4.78 is 0. The number of nitrogens with zero attached hydrogens (tertiary/aromatic N) is 2. The molecule has 1 unspecified atom stereocenters. The van der Waals surface area contributed by atoms with Gasteiger partial charge in [0.15, 0.2) is 0 Å². The van der Waals surface area contributed by atoms with Gasteiger partial charge < -0.3 is 22.9 Å². The summed E-state index contributed by atoms with van der Waals surface area (Å²) in [6, 6.07) is 0. The van der Waals surface area contributed by atoms with E-state index in [-0.39, 0.29) is 11.1 Å². The fourth-order valence-corrected chi connectivity index (χ4v) is 4.00. The summed E-state index contributed by atoms with van der Waals surface area (Å²) in [5, 5.41) is 0. The molecule has 0 aromatic rings. The molecule has 0 aliphatic rings. The number of nitrogens with two attached hydrogens (primary N) is 4. The Balaban J connectivity index is 5.29. The molecule has 0 rings (SSSR count). The smallest absolute Gasteiger partial charge is 0.0196 e. The highest BCUT2D eigenvalue weighted by molar-refractivity contribution is 4.95. The van der Waals surface area contributed by atoms with Gasteiger partial charge in [-0.3, -0.25) is 9.80 Å². The van der Waals surface area contributed by atoms with Crippen LogP contribution in [-0.2, 0) is 0 Å². The third-order valence-corrected chi connectivity index (χ3v) is 5.72. The van der Waals surface area contributed by atoms with Crippen LogP contribution >= 0.6 is 0 Å². The highest BCUT2D eigenvalue weighted by Gasteiger charge is 2.38. The molecule has 0 heterocycles. The maximum Gasteiger partial charge on any atom is 0.0196 e. The maximum atomic E-state index is 5.79. The van der Waals surface area contributed by atoms with Crippen molar-refractivity contribution in [1.82, 2.24) is 9.80 Å². The topological polar surface area (TPSA) is 111 Å². The summed E-state index contributed by atoms with van der Waals surface area (Å²) in [6.07, 6.45) is 6.35. The SMILES string of the molecule is CCC(C)(CC(C)(C)N(CCCN)CCCN)N(CCCN)CCCN. The first-order valence-electron chi connectivity index (χ1n) is 10.6. The molecular formula is C20H48N6. The largest absolute Gasteiger partial charge is 0.330 e. The molecule has 0 radical (unpaired) electrons. The van der Waals surface area contributed by atoms with Crippen molar-refractivity contribution in [3.05, 3.63) is 0 Å². The van der Waals surface area contributed by atoms with E-state index in [1.165, 1.54) is 0 Å². The van der Waals surface area contributed by atoms with Crippen LogP contribution in [0.1, 0.15) is 66.2 Å². The van der Waals surface area contributed by atoms with Crippen LogP contribution in [0.5, 0.6) is 0 Å². The molecule has 8 N–H and O–H groups in total. The van der Waals surface area contributed by atoms with Gasteiger partial charge in [0.25, 0.3) is 0 Å². The van der Waals surface area contributed by atoms with Crippen molar-refractivity contribution >= 4 is 0 Å². The first-order valence-corrected chi connectivity index (χ1v) is 10.6. The van der Waals surface area contributed by atoms with Crippen molar-refractivity contribution in [3.63, 3.8) is 0 Å². The Labute approximate surface area is 163 Å². The van der Waals surface area contributed by atoms with Crippen molar-refractivity contribution in [2.24, 2.45) is 22.9 Å². The number of hydrogen-bond donors (Lipinski definition) is 4. The van der Waals surface area contributed by atoms with E-state index in [1.54, 1.807) is 0 Å². The zero-order valence-electron chi connectivity index (χ0n) is 18.1. The lowest BCUT2D eigenvalue weighted by Gasteiger charge is -2.49. The first kappa shape index (κ1) is 25.8. The lowest BCUT2D eigenvalue weighted by Crippen LogP contribution is -2.56. The Morgan fingerprint density at radius 1 is 0.615 bits per heavy atom. The van der Waals surface area contributed by atoms with Gasteiger partial charge in [-0.25, -0.2) is 0 Å². The quantitative estimate of drug-likeness (QED) is 0.306. The molecule has 26 heavy (non-hydrogen) atoms. The summed E-state index contributed by atoms with van der Waals surface area (Å²) in [7, 11) is 0. The van der Waals surface area contributed by atoms with E-state index in [0.717, 1.165) is 90.9 Å². The zero-order valence-corrected chi connectivity index (χ0v) is 18.1. The van der Waals surface area contributed by atoms with E-state index in [1.807, 2.05) is 0 Å². The van der Waals surface area contributed by atoms with Crippen LogP contribution in [-0.4, -0.2) is 73.2 Å². The van der Waals surface area contributed by atoms with Gasteiger partial charge in [0, 0.05) is 11.1 Å². The second-order valence-corrected chi connectivity index (χ2v) is 8.38. The molecule has 0 amide bonds. The molecule has 1 atom stereocenters. The van der Waals surface area contributed by atoms with Crippen LogP contribution in [0.15, 0.2) is 0 Å². The third kappa shape index (κ3) is 9.11. The molecule has 158 valence electrons. The first-order chi connectivity index (χ1) is 12.3. The normalized spacial score (nSPS) is 15.0. The van der Waals surface area contributed by atoms with E-state index >= 15 is 0 Å². The molecule has 0 aliphatic heterocycles. The summed E-state index contributed by atoms with van der Waals surface area (Å²) >= 11 is 0. The van der Waals surface area contributed by atoms with Crippen LogP contribution in [0.3, 0.4) is 0 Å². The minimum Gasteiger partial charge on any atom is -0.330 e. The minimum absolute atomic E-state index is 0.0960. The summed E-state index contributed by atoms with van der Waals surface area (Å²) in [4.78, 5) is 5.21. The molecular weight excluding hydrogens is 324 g/mol. The minimum atomic E-state index is 0.0960. The molecule has 0 aromatic carbocycles. The fourth-order valence-electron chi connectivity index (χ4n) is 4.00. The molecule has 0 fully saturated rings. The molecule has 6 heteroatoms. The lowest BCUT2D eigenvalue weighted by atomic mass is 9.80. The van der Waals surface area contributed by atoms with Gasteiger partial charge in [0.05, 0.1) is 0 Å². The number of hydrogen-bond acceptors (Lipinski definition) is 6. The predicted molar refractivity (Wildman–Crippen MR) is 115 cm³/mol. The molecule has 0 saturated carbocycles. The van der Waals surface area contributed by atoms with Crippen molar-refractivity contribution in [1.29, 1.82) is 0 Å². The second-order valence-electron chi connectivity index (χ2n) is 8.38. The van der Waals surface area contributed by atoms with E-state index in [4.69, 9.17) is 22.9 Å². The van der Waals surface area contributed by atoms with Gasteiger partial charge >= 0.3 is 0 Å². The van der Waals surface area contributed by atoms with Gasteiger partial charge in [0.1, 0.15) is 0 Å². The van der Waals surface area contributed by atoms with Crippen molar-refractivity contribution in [3.8, 4) is 0 Å². The van der Waals surface area contributed by atoms with Crippen LogP contribution in [0.25, 0.3) is 0 Å². The van der Waals surface area contributed by atoms with Crippen LogP contribution < -0.4 is 22.9 Å². The van der Waals surface area contributed by atoms with Crippen LogP contribution in [0, 0.1) is 0 Å². The molecule has 0 spiro atoms. The van der Waals surface area contributed by atoms with Crippen LogP contribution in [0.4, 0.5) is 0 Å². The average Bonchev–Trinajstić information content (AvgIpc) is 2.61. The van der Waals surface area contributed by atoms with E-state index in [0.29, 0.717) is 0 Å². The van der Waals surface area contributed by atoms with Gasteiger partial charge in [-0.05, 0) is 112 Å². The van der Waals surface area contributed by atoms with Gasteiger partial charge in [-0.15, -0.1) is 0 Å². The van der Waals surface area contributed by atoms with Crippen molar-refractivity contribution in [2.45, 2.75) is 77.3 Å². The fraction of sp³-hybridized carbons (Fsp3) is 1.00. The molecule has 0 aromatic heterocycles. The van der Waals surface area contributed by atoms with Crippen LogP contribution in [0.2, 0.25) is 0 Å². The average molecular weight is 373 g/mol. The predicted octanol–water partition coefficient (Wildman–Crippen LogP) is 1.32. The molecule has 0 saturated heterocycles. The number of rotatable bonds is 17. The van der Waals surface area contributed by atoms with Crippen molar-refractivity contribution in [2.75, 3.05) is 52.4 Å². The maximum absolute atomic E-state index is 5.79. The van der Waals surface area contributed by atoms with Gasteiger partial charge in [-0.1, -0.05) is 6.92 Å². The Hall–Kier alpha value is -0.240. The zero-order chi connectivity index (χ0) is 20.1. The Bertz CT molecular complexity index is 320. The summed E-state index contributed by atoms with van der Waals surface area (Å²) in [5.74, 6) is 0. The molecule has 0 bridgehead atoms. The summed E-state index contributed by atoms with van der Waals surface area (Å²) in [5.41, 5.74) is 23.4. The monoisotopic (exact) mass is 372 g/mol. The Morgan fingerprint density at radius 3 is 1.27 bits per heavy atom. The summed E-state index contributed by atoms with van der Waals surface area (Å²) in [6.45, 7) is 16.6. The Kier molecular flexibility index (Phi) is 13.7. The third-order valence-electron chi connectivity index (χ3n) is 5.72. The highest BCUT2D eigenvalue weighted by atomic mass is 15.2. The molecule has 6 nitrogen and oxygen atoms in total. The highest BCUT2D eigenvalue weighted by Crippen LogP contribution is 2.33.